The molecule has 0 saturated heterocycles. The first-order chi connectivity index (χ1) is 10.6. The normalized spacial score (nSPS) is 10.5. The first kappa shape index (κ1) is 18.2. The molecule has 0 fully saturated rings. The van der Waals surface area contributed by atoms with Crippen LogP contribution in [0.4, 0.5) is 0 Å². The summed E-state index contributed by atoms with van der Waals surface area (Å²) in [6.45, 7) is 4.97. The van der Waals surface area contributed by atoms with Crippen molar-refractivity contribution in [3.05, 3.63) is 35.9 Å². The molecule has 0 saturated carbocycles. The average Bonchev–Trinajstić information content (AvgIpc) is 2.50. The number of rotatable bonds is 10. The lowest BCUT2D eigenvalue weighted by molar-refractivity contribution is -0.146. The van der Waals surface area contributed by atoms with Gasteiger partial charge < -0.3 is 9.47 Å². The van der Waals surface area contributed by atoms with Gasteiger partial charge in [-0.15, -0.1) is 0 Å². The summed E-state index contributed by atoms with van der Waals surface area (Å²) in [7, 11) is 0. The van der Waals surface area contributed by atoms with Gasteiger partial charge >= 0.3 is 11.9 Å². The van der Waals surface area contributed by atoms with Crippen molar-refractivity contribution in [1.29, 1.82) is 0 Å². The van der Waals surface area contributed by atoms with Crippen LogP contribution in [-0.2, 0) is 25.7 Å². The number of carbonyl (C=O) groups is 2. The number of benzene rings is 1. The van der Waals surface area contributed by atoms with Crippen molar-refractivity contribution in [2.45, 2.75) is 52.6 Å². The second-order valence-corrected chi connectivity index (χ2v) is 5.76. The van der Waals surface area contributed by atoms with Crippen molar-refractivity contribution >= 4 is 11.9 Å². The van der Waals surface area contributed by atoms with E-state index < -0.39 is 0 Å². The zero-order chi connectivity index (χ0) is 16.2. The van der Waals surface area contributed by atoms with E-state index >= 15 is 0 Å². The van der Waals surface area contributed by atoms with E-state index in [2.05, 4.69) is 13.8 Å². The Bertz CT molecular complexity index is 440. The van der Waals surface area contributed by atoms with Crippen LogP contribution in [0.3, 0.4) is 0 Å². The molecular formula is C18H26O4. The molecule has 22 heavy (non-hydrogen) atoms. The predicted molar refractivity (Wildman–Crippen MR) is 85.1 cm³/mol. The summed E-state index contributed by atoms with van der Waals surface area (Å²) < 4.78 is 10.3. The molecule has 0 aliphatic heterocycles. The van der Waals surface area contributed by atoms with Crippen molar-refractivity contribution in [3.8, 4) is 0 Å². The van der Waals surface area contributed by atoms with Crippen LogP contribution in [0.2, 0.25) is 0 Å². The fourth-order valence-corrected chi connectivity index (χ4v) is 1.83. The molecule has 4 nitrogen and oxygen atoms in total. The summed E-state index contributed by atoms with van der Waals surface area (Å²) in [6.07, 6.45) is 2.89. The molecule has 1 rings (SSSR count). The fourth-order valence-electron chi connectivity index (χ4n) is 1.83. The lowest BCUT2D eigenvalue weighted by Gasteiger charge is -2.07. The largest absolute Gasteiger partial charge is 0.466 e. The van der Waals surface area contributed by atoms with Crippen molar-refractivity contribution in [2.24, 2.45) is 5.92 Å². The monoisotopic (exact) mass is 306 g/mol. The SMILES string of the molecule is CC(C)CCOC(=O)CCCCC(=O)OCc1ccccc1. The zero-order valence-electron chi connectivity index (χ0n) is 13.5. The van der Waals surface area contributed by atoms with Gasteiger partial charge in [-0.05, 0) is 30.7 Å². The van der Waals surface area contributed by atoms with Crippen LogP contribution in [0.5, 0.6) is 0 Å². The van der Waals surface area contributed by atoms with Gasteiger partial charge in [-0.2, -0.15) is 0 Å². The maximum atomic E-state index is 11.6. The Labute approximate surface area is 132 Å². The molecule has 0 radical (unpaired) electrons. The minimum Gasteiger partial charge on any atom is -0.466 e. The lowest BCUT2D eigenvalue weighted by atomic mass is 10.1. The molecule has 1 aromatic carbocycles. The van der Waals surface area contributed by atoms with Crippen molar-refractivity contribution in [3.63, 3.8) is 0 Å². The summed E-state index contributed by atoms with van der Waals surface area (Å²) in [5.41, 5.74) is 0.976. The van der Waals surface area contributed by atoms with E-state index in [0.717, 1.165) is 12.0 Å². The Kier molecular flexibility index (Phi) is 8.96. The van der Waals surface area contributed by atoms with E-state index in [1.807, 2.05) is 30.3 Å². The minimum atomic E-state index is -0.225. The molecule has 4 heteroatoms. The molecule has 0 aliphatic rings. The molecule has 0 heterocycles. The minimum absolute atomic E-state index is 0.182. The van der Waals surface area contributed by atoms with Crippen LogP contribution < -0.4 is 0 Å². The highest BCUT2D eigenvalue weighted by Gasteiger charge is 2.06. The van der Waals surface area contributed by atoms with Gasteiger partial charge in [0.15, 0.2) is 0 Å². The first-order valence-corrected chi connectivity index (χ1v) is 7.93. The molecule has 0 N–H and O–H groups in total. The Morgan fingerprint density at radius 2 is 1.55 bits per heavy atom. The standard InChI is InChI=1S/C18H26O4/c1-15(2)12-13-21-17(19)10-6-7-11-18(20)22-14-16-8-4-3-5-9-16/h3-5,8-9,15H,6-7,10-14H2,1-2H3. The van der Waals surface area contributed by atoms with Crippen molar-refractivity contribution < 1.29 is 19.1 Å². The van der Waals surface area contributed by atoms with Crippen LogP contribution in [0.15, 0.2) is 30.3 Å². The summed E-state index contributed by atoms with van der Waals surface area (Å²) >= 11 is 0. The van der Waals surface area contributed by atoms with Crippen LogP contribution in [0.1, 0.15) is 51.5 Å². The molecule has 0 aromatic heterocycles. The maximum Gasteiger partial charge on any atom is 0.306 e. The molecule has 0 aliphatic carbocycles. The van der Waals surface area contributed by atoms with Gasteiger partial charge in [-0.25, -0.2) is 0 Å². The quantitative estimate of drug-likeness (QED) is 0.486. The molecular weight excluding hydrogens is 280 g/mol. The predicted octanol–water partition coefficient (Wildman–Crippen LogP) is 3.88. The van der Waals surface area contributed by atoms with E-state index in [9.17, 15) is 9.59 Å². The number of ether oxygens (including phenoxy) is 2. The highest BCUT2D eigenvalue weighted by molar-refractivity contribution is 5.70. The average molecular weight is 306 g/mol. The van der Waals surface area contributed by atoms with E-state index in [1.165, 1.54) is 0 Å². The van der Waals surface area contributed by atoms with Gasteiger partial charge in [0.2, 0.25) is 0 Å². The Hall–Kier alpha value is -1.84. The van der Waals surface area contributed by atoms with E-state index in [-0.39, 0.29) is 11.9 Å². The molecule has 122 valence electrons. The van der Waals surface area contributed by atoms with Crippen molar-refractivity contribution in [1.82, 2.24) is 0 Å². The van der Waals surface area contributed by atoms with Gasteiger partial charge in [0.25, 0.3) is 0 Å². The number of hydrogen-bond donors (Lipinski definition) is 0. The third-order valence-corrected chi connectivity index (χ3v) is 3.21. The van der Waals surface area contributed by atoms with E-state index in [4.69, 9.17) is 9.47 Å². The van der Waals surface area contributed by atoms with Gasteiger partial charge in [-0.3, -0.25) is 9.59 Å². The Morgan fingerprint density at radius 3 is 2.14 bits per heavy atom. The van der Waals surface area contributed by atoms with Crippen LogP contribution in [-0.4, -0.2) is 18.5 Å². The van der Waals surface area contributed by atoms with E-state index in [0.29, 0.717) is 44.8 Å². The number of hydrogen-bond acceptors (Lipinski definition) is 4. The molecule has 0 amide bonds. The summed E-state index contributed by atoms with van der Waals surface area (Å²) in [4.78, 5) is 23.0. The van der Waals surface area contributed by atoms with E-state index in [1.54, 1.807) is 0 Å². The number of esters is 2. The highest BCUT2D eigenvalue weighted by Crippen LogP contribution is 2.06. The third-order valence-electron chi connectivity index (χ3n) is 3.21. The van der Waals surface area contributed by atoms with Gasteiger partial charge in [0.05, 0.1) is 6.61 Å². The summed E-state index contributed by atoms with van der Waals surface area (Å²) in [6, 6.07) is 9.58. The summed E-state index contributed by atoms with van der Waals surface area (Å²) in [5, 5.41) is 0. The molecule has 0 spiro atoms. The van der Waals surface area contributed by atoms with Crippen LogP contribution >= 0.6 is 0 Å². The molecule has 0 atom stereocenters. The first-order valence-electron chi connectivity index (χ1n) is 7.93. The van der Waals surface area contributed by atoms with Crippen LogP contribution in [0.25, 0.3) is 0 Å². The molecule has 1 aromatic rings. The summed E-state index contributed by atoms with van der Waals surface area (Å²) in [5.74, 6) is 0.127. The molecule has 0 bridgehead atoms. The van der Waals surface area contributed by atoms with Gasteiger partial charge in [-0.1, -0.05) is 44.2 Å². The number of carbonyl (C=O) groups excluding carboxylic acids is 2. The topological polar surface area (TPSA) is 52.6 Å². The lowest BCUT2D eigenvalue weighted by Crippen LogP contribution is -2.08. The second-order valence-electron chi connectivity index (χ2n) is 5.76. The van der Waals surface area contributed by atoms with Gasteiger partial charge in [0, 0.05) is 12.8 Å². The smallest absolute Gasteiger partial charge is 0.306 e. The second kappa shape index (κ2) is 10.8. The van der Waals surface area contributed by atoms with Crippen molar-refractivity contribution in [2.75, 3.05) is 6.61 Å². The third kappa shape index (κ3) is 9.16. The Balaban J connectivity index is 2.01. The van der Waals surface area contributed by atoms with Gasteiger partial charge in [0.1, 0.15) is 6.61 Å². The van der Waals surface area contributed by atoms with Crippen LogP contribution in [0, 0.1) is 5.92 Å². The molecule has 0 unspecified atom stereocenters. The Morgan fingerprint density at radius 1 is 0.955 bits per heavy atom. The zero-order valence-corrected chi connectivity index (χ0v) is 13.5. The maximum absolute atomic E-state index is 11.6. The fraction of sp³-hybridized carbons (Fsp3) is 0.556. The number of unbranched alkanes of at least 4 members (excludes halogenated alkanes) is 1. The highest BCUT2D eigenvalue weighted by atomic mass is 16.5.